The summed E-state index contributed by atoms with van der Waals surface area (Å²) in [6, 6.07) is 16.6. The Morgan fingerprint density at radius 3 is 2.53 bits per heavy atom. The number of thiazole rings is 1. The standard InChI is InChI=1S/C26H24F3N3OS/c1-17(2)11-19-13-23(32(15-19)14-18-7-6-10-21(12-18)26(27,28)29)24(33)31-25-30-22(16-34-25)20-8-4-3-5-9-20/h3-10,12-13,15-17H,11,14H2,1-2H3,(H,30,31,33). The van der Waals surface area contributed by atoms with E-state index < -0.39 is 11.7 Å². The largest absolute Gasteiger partial charge is 0.416 e. The van der Waals surface area contributed by atoms with Gasteiger partial charge < -0.3 is 4.57 Å². The van der Waals surface area contributed by atoms with Crippen LogP contribution in [0.3, 0.4) is 0 Å². The van der Waals surface area contributed by atoms with Gasteiger partial charge in [-0.15, -0.1) is 11.3 Å². The van der Waals surface area contributed by atoms with Crippen molar-refractivity contribution in [2.24, 2.45) is 5.92 Å². The molecule has 34 heavy (non-hydrogen) atoms. The van der Waals surface area contributed by atoms with Gasteiger partial charge >= 0.3 is 6.18 Å². The summed E-state index contributed by atoms with van der Waals surface area (Å²) < 4.78 is 41.2. The normalized spacial score (nSPS) is 11.7. The minimum atomic E-state index is -4.42. The number of anilines is 1. The van der Waals surface area contributed by atoms with E-state index in [-0.39, 0.29) is 12.5 Å². The van der Waals surface area contributed by atoms with Crippen molar-refractivity contribution in [2.45, 2.75) is 33.0 Å². The minimum absolute atomic E-state index is 0.151. The Morgan fingerprint density at radius 1 is 1.06 bits per heavy atom. The summed E-state index contributed by atoms with van der Waals surface area (Å²) in [6.07, 6.45) is -1.82. The molecule has 0 unspecified atom stereocenters. The van der Waals surface area contributed by atoms with Crippen LogP contribution in [0.4, 0.5) is 18.3 Å². The molecule has 176 valence electrons. The van der Waals surface area contributed by atoms with Gasteiger partial charge in [-0.2, -0.15) is 13.2 Å². The van der Waals surface area contributed by atoms with E-state index in [0.29, 0.717) is 22.3 Å². The van der Waals surface area contributed by atoms with Crippen LogP contribution in [0, 0.1) is 5.92 Å². The Kier molecular flexibility index (Phi) is 6.88. The summed E-state index contributed by atoms with van der Waals surface area (Å²) in [5, 5.41) is 5.18. The highest BCUT2D eigenvalue weighted by Gasteiger charge is 2.30. The van der Waals surface area contributed by atoms with Gasteiger partial charge in [0.05, 0.1) is 11.3 Å². The monoisotopic (exact) mass is 483 g/mol. The van der Waals surface area contributed by atoms with E-state index in [4.69, 9.17) is 0 Å². The molecule has 0 saturated heterocycles. The molecule has 1 amide bonds. The quantitative estimate of drug-likeness (QED) is 0.304. The third-order valence-electron chi connectivity index (χ3n) is 5.23. The van der Waals surface area contributed by atoms with Crippen LogP contribution in [0.25, 0.3) is 11.3 Å². The lowest BCUT2D eigenvalue weighted by atomic mass is 10.1. The van der Waals surface area contributed by atoms with Gasteiger partial charge in [-0.1, -0.05) is 56.3 Å². The molecule has 1 N–H and O–H groups in total. The van der Waals surface area contributed by atoms with Gasteiger partial charge in [0, 0.05) is 23.7 Å². The number of carbonyl (C=O) groups is 1. The maximum Gasteiger partial charge on any atom is 0.416 e. The second-order valence-corrected chi connectivity index (χ2v) is 9.37. The fraction of sp³-hybridized carbons (Fsp3) is 0.231. The fourth-order valence-corrected chi connectivity index (χ4v) is 4.47. The van der Waals surface area contributed by atoms with Crippen molar-refractivity contribution in [1.29, 1.82) is 0 Å². The van der Waals surface area contributed by atoms with Gasteiger partial charge in [-0.25, -0.2) is 4.98 Å². The number of nitrogens with one attached hydrogen (secondary N) is 1. The second kappa shape index (κ2) is 9.85. The Balaban J connectivity index is 1.59. The van der Waals surface area contributed by atoms with E-state index in [2.05, 4.69) is 24.1 Å². The highest BCUT2D eigenvalue weighted by atomic mass is 32.1. The first-order valence-electron chi connectivity index (χ1n) is 10.9. The molecule has 0 aliphatic carbocycles. The van der Waals surface area contributed by atoms with Gasteiger partial charge in [0.1, 0.15) is 5.69 Å². The molecule has 0 spiro atoms. The van der Waals surface area contributed by atoms with Crippen molar-refractivity contribution in [3.05, 3.63) is 94.6 Å². The summed E-state index contributed by atoms with van der Waals surface area (Å²) in [5.74, 6) is 0.0173. The molecule has 0 saturated carbocycles. The molecular weight excluding hydrogens is 459 g/mol. The predicted octanol–water partition coefficient (Wildman–Crippen LogP) is 7.13. The molecule has 2 aromatic carbocycles. The van der Waals surface area contributed by atoms with Crippen LogP contribution in [0.1, 0.15) is 41.0 Å². The molecule has 4 rings (SSSR count). The third-order valence-corrected chi connectivity index (χ3v) is 5.99. The lowest BCUT2D eigenvalue weighted by Crippen LogP contribution is -2.17. The van der Waals surface area contributed by atoms with E-state index in [1.807, 2.05) is 41.9 Å². The SMILES string of the molecule is CC(C)Cc1cc(C(=O)Nc2nc(-c3ccccc3)cs2)n(Cc2cccc(C(F)(F)F)c2)c1. The number of rotatable bonds is 7. The smallest absolute Gasteiger partial charge is 0.339 e. The van der Waals surface area contributed by atoms with E-state index >= 15 is 0 Å². The summed E-state index contributed by atoms with van der Waals surface area (Å²) in [5.41, 5.74) is 2.81. The van der Waals surface area contributed by atoms with Crippen LogP contribution in [0.2, 0.25) is 0 Å². The van der Waals surface area contributed by atoms with Crippen molar-refractivity contribution in [3.8, 4) is 11.3 Å². The lowest BCUT2D eigenvalue weighted by molar-refractivity contribution is -0.137. The van der Waals surface area contributed by atoms with Crippen LogP contribution in [-0.2, 0) is 19.1 Å². The topological polar surface area (TPSA) is 46.9 Å². The molecule has 4 aromatic rings. The Labute approximate surface area is 200 Å². The van der Waals surface area contributed by atoms with Gasteiger partial charge in [-0.05, 0) is 41.7 Å². The molecule has 0 atom stereocenters. The predicted molar refractivity (Wildman–Crippen MR) is 129 cm³/mol. The van der Waals surface area contributed by atoms with Crippen molar-refractivity contribution in [3.63, 3.8) is 0 Å². The molecule has 8 heteroatoms. The number of hydrogen-bond donors (Lipinski definition) is 1. The lowest BCUT2D eigenvalue weighted by Gasteiger charge is -2.11. The van der Waals surface area contributed by atoms with E-state index in [1.165, 1.54) is 17.4 Å². The number of hydrogen-bond acceptors (Lipinski definition) is 3. The number of amides is 1. The molecule has 0 aliphatic heterocycles. The van der Waals surface area contributed by atoms with Crippen molar-refractivity contribution >= 4 is 22.4 Å². The van der Waals surface area contributed by atoms with Crippen LogP contribution in [-0.4, -0.2) is 15.5 Å². The number of nitrogens with zero attached hydrogens (tertiary/aromatic N) is 2. The zero-order valence-corrected chi connectivity index (χ0v) is 19.6. The average Bonchev–Trinajstić information content (AvgIpc) is 3.40. The Hall–Kier alpha value is -3.39. The molecule has 4 nitrogen and oxygen atoms in total. The maximum absolute atomic E-state index is 13.2. The number of benzene rings is 2. The van der Waals surface area contributed by atoms with E-state index in [1.54, 1.807) is 16.7 Å². The van der Waals surface area contributed by atoms with Gasteiger partial charge in [0.2, 0.25) is 0 Å². The molecule has 2 aromatic heterocycles. The van der Waals surface area contributed by atoms with Crippen LogP contribution >= 0.6 is 11.3 Å². The zero-order chi connectivity index (χ0) is 24.3. The van der Waals surface area contributed by atoms with Crippen LogP contribution < -0.4 is 5.32 Å². The zero-order valence-electron chi connectivity index (χ0n) is 18.8. The molecule has 0 bridgehead atoms. The highest BCUT2D eigenvalue weighted by molar-refractivity contribution is 7.14. The van der Waals surface area contributed by atoms with Crippen molar-refractivity contribution in [1.82, 2.24) is 9.55 Å². The number of aromatic nitrogens is 2. The molecule has 0 aliphatic rings. The molecule has 0 fully saturated rings. The maximum atomic E-state index is 13.2. The van der Waals surface area contributed by atoms with E-state index in [9.17, 15) is 18.0 Å². The van der Waals surface area contributed by atoms with Gasteiger partial charge in [0.25, 0.3) is 5.91 Å². The molecule has 0 radical (unpaired) electrons. The van der Waals surface area contributed by atoms with Crippen molar-refractivity contribution in [2.75, 3.05) is 5.32 Å². The van der Waals surface area contributed by atoms with Crippen LogP contribution in [0.15, 0.2) is 72.2 Å². The third kappa shape index (κ3) is 5.75. The number of halogens is 3. The first-order valence-corrected chi connectivity index (χ1v) is 11.7. The first-order chi connectivity index (χ1) is 16.2. The van der Waals surface area contributed by atoms with Gasteiger partial charge in [-0.3, -0.25) is 10.1 Å². The Morgan fingerprint density at radius 2 is 1.82 bits per heavy atom. The van der Waals surface area contributed by atoms with E-state index in [0.717, 1.165) is 35.4 Å². The highest BCUT2D eigenvalue weighted by Crippen LogP contribution is 2.30. The summed E-state index contributed by atoms with van der Waals surface area (Å²) >= 11 is 1.32. The second-order valence-electron chi connectivity index (χ2n) is 8.52. The van der Waals surface area contributed by atoms with Crippen molar-refractivity contribution < 1.29 is 18.0 Å². The minimum Gasteiger partial charge on any atom is -0.339 e. The Bertz CT molecular complexity index is 1280. The number of carbonyl (C=O) groups excluding carboxylic acids is 1. The van der Waals surface area contributed by atoms with Crippen LogP contribution in [0.5, 0.6) is 0 Å². The summed E-state index contributed by atoms with van der Waals surface area (Å²) in [4.78, 5) is 17.7. The summed E-state index contributed by atoms with van der Waals surface area (Å²) in [6.45, 7) is 4.30. The average molecular weight is 484 g/mol. The summed E-state index contributed by atoms with van der Waals surface area (Å²) in [7, 11) is 0. The van der Waals surface area contributed by atoms with Gasteiger partial charge in [0.15, 0.2) is 5.13 Å². The molecular formula is C26H24F3N3OS. The molecule has 2 heterocycles. The fourth-order valence-electron chi connectivity index (χ4n) is 3.75. The number of alkyl halides is 3. The first kappa shape index (κ1) is 23.8.